The summed E-state index contributed by atoms with van der Waals surface area (Å²) in [6.45, 7) is 0. The first-order chi connectivity index (χ1) is 5.92. The maximum Gasteiger partial charge on any atom is 0.264 e. The maximum absolute atomic E-state index is 5.14. The molecule has 0 saturated heterocycles. The zero-order valence-corrected chi connectivity index (χ0v) is 7.60. The molecule has 2 aromatic rings. The maximum atomic E-state index is 5.14. The highest BCUT2D eigenvalue weighted by Crippen LogP contribution is 2.06. The Hall–Kier alpha value is -1.61. The fraction of sp³-hybridized carbons (Fsp3) is 0.100. The Balaban J connectivity index is 0.000000845. The summed E-state index contributed by atoms with van der Waals surface area (Å²) in [5.41, 5.74) is 1.09. The third-order valence-corrected chi connectivity index (χ3v) is 1.87. The van der Waals surface area contributed by atoms with E-state index in [1.54, 1.807) is 11.8 Å². The molecule has 3 nitrogen and oxygen atoms in total. The largest absolute Gasteiger partial charge is 0.344 e. The number of fused-ring (bicyclic) bond motifs is 1. The summed E-state index contributed by atoms with van der Waals surface area (Å²) >= 11 is 0. The van der Waals surface area contributed by atoms with Crippen LogP contribution in [-0.2, 0) is 0 Å². The van der Waals surface area contributed by atoms with Crippen molar-refractivity contribution in [2.45, 2.75) is 0 Å². The molecule has 3 N–H and O–H groups in total. The summed E-state index contributed by atoms with van der Waals surface area (Å²) in [4.78, 5) is 5.14. The van der Waals surface area contributed by atoms with Gasteiger partial charge >= 0.3 is 0 Å². The van der Waals surface area contributed by atoms with Gasteiger partial charge < -0.3 is 6.15 Å². The van der Waals surface area contributed by atoms with Crippen molar-refractivity contribution in [2.75, 3.05) is 7.11 Å². The summed E-state index contributed by atoms with van der Waals surface area (Å²) in [5, 5.41) is 1.18. The van der Waals surface area contributed by atoms with Crippen LogP contribution in [0.4, 0.5) is 0 Å². The van der Waals surface area contributed by atoms with Crippen LogP contribution in [-0.4, -0.2) is 7.11 Å². The summed E-state index contributed by atoms with van der Waals surface area (Å²) in [7, 11) is 1.66. The average Bonchev–Trinajstić information content (AvgIpc) is 2.17. The zero-order valence-electron chi connectivity index (χ0n) is 7.60. The van der Waals surface area contributed by atoms with E-state index in [0.717, 1.165) is 5.52 Å². The number of benzene rings is 1. The molecule has 13 heavy (non-hydrogen) atoms. The number of nitrogens with zero attached hydrogens (tertiary/aromatic N) is 1. The van der Waals surface area contributed by atoms with Crippen LogP contribution < -0.4 is 15.7 Å². The second-order valence-corrected chi connectivity index (χ2v) is 2.58. The normalized spacial score (nSPS) is 9.31. The number of hydrogen-bond acceptors (Lipinski definition) is 2. The van der Waals surface area contributed by atoms with Crippen molar-refractivity contribution in [1.29, 1.82) is 0 Å². The summed E-state index contributed by atoms with van der Waals surface area (Å²) in [5.74, 6) is 0. The molecule has 0 atom stereocenters. The van der Waals surface area contributed by atoms with E-state index in [1.165, 1.54) is 5.39 Å². The number of hydrogen-bond donors (Lipinski definition) is 1. The van der Waals surface area contributed by atoms with Gasteiger partial charge in [-0.1, -0.05) is 12.1 Å². The number of aromatic nitrogens is 1. The predicted molar refractivity (Wildman–Crippen MR) is 51.7 cm³/mol. The first-order valence-electron chi connectivity index (χ1n) is 3.86. The molecule has 0 aliphatic rings. The topological polar surface area (TPSA) is 48.1 Å². The molecular formula is C10H13N2O+. The third-order valence-electron chi connectivity index (χ3n) is 1.87. The van der Waals surface area contributed by atoms with Crippen LogP contribution in [0.3, 0.4) is 0 Å². The molecule has 0 radical (unpaired) electrons. The van der Waals surface area contributed by atoms with Gasteiger partial charge in [0.05, 0.1) is 5.39 Å². The Bertz CT molecular complexity index is 396. The molecule has 0 aliphatic heterocycles. The molecule has 0 bridgehead atoms. The summed E-state index contributed by atoms with van der Waals surface area (Å²) in [6, 6.07) is 12.1. The highest BCUT2D eigenvalue weighted by molar-refractivity contribution is 5.74. The Morgan fingerprint density at radius 2 is 1.77 bits per heavy atom. The van der Waals surface area contributed by atoms with E-state index in [2.05, 4.69) is 12.1 Å². The molecule has 0 unspecified atom stereocenters. The SMILES string of the molecule is CO[n+]1cccc2ccccc21.N. The Morgan fingerprint density at radius 3 is 2.54 bits per heavy atom. The van der Waals surface area contributed by atoms with Gasteiger partial charge in [-0.2, -0.15) is 0 Å². The van der Waals surface area contributed by atoms with Crippen LogP contribution in [0, 0.1) is 0 Å². The van der Waals surface area contributed by atoms with Crippen LogP contribution in [0.5, 0.6) is 0 Å². The van der Waals surface area contributed by atoms with Crippen LogP contribution in [0.15, 0.2) is 42.6 Å². The second-order valence-electron chi connectivity index (χ2n) is 2.58. The van der Waals surface area contributed by atoms with Gasteiger partial charge in [0.2, 0.25) is 6.20 Å². The van der Waals surface area contributed by atoms with Gasteiger partial charge in [0.15, 0.2) is 0 Å². The summed E-state index contributed by atoms with van der Waals surface area (Å²) in [6.07, 6.45) is 1.89. The van der Waals surface area contributed by atoms with E-state index < -0.39 is 0 Å². The Labute approximate surface area is 77.1 Å². The number of para-hydroxylation sites is 1. The number of pyridine rings is 1. The van der Waals surface area contributed by atoms with E-state index in [1.807, 2.05) is 30.5 Å². The van der Waals surface area contributed by atoms with Gasteiger partial charge in [-0.05, 0) is 12.1 Å². The molecule has 68 valence electrons. The van der Waals surface area contributed by atoms with Crippen LogP contribution in [0.25, 0.3) is 10.9 Å². The van der Waals surface area contributed by atoms with Crippen LogP contribution >= 0.6 is 0 Å². The zero-order chi connectivity index (χ0) is 8.39. The molecular weight excluding hydrogens is 164 g/mol. The van der Waals surface area contributed by atoms with E-state index in [0.29, 0.717) is 0 Å². The summed E-state index contributed by atoms with van der Waals surface area (Å²) < 4.78 is 1.75. The van der Waals surface area contributed by atoms with E-state index in [9.17, 15) is 0 Å². The Morgan fingerprint density at radius 1 is 1.08 bits per heavy atom. The molecule has 0 amide bonds. The molecule has 1 heterocycles. The minimum absolute atomic E-state index is 0. The lowest BCUT2D eigenvalue weighted by Gasteiger charge is -1.94. The highest BCUT2D eigenvalue weighted by Gasteiger charge is 2.05. The average molecular weight is 177 g/mol. The molecule has 2 rings (SSSR count). The lowest BCUT2D eigenvalue weighted by atomic mass is 10.2. The van der Waals surface area contributed by atoms with Crippen molar-refractivity contribution in [1.82, 2.24) is 6.15 Å². The van der Waals surface area contributed by atoms with Gasteiger partial charge in [-0.25, -0.2) is 0 Å². The van der Waals surface area contributed by atoms with Crippen LogP contribution in [0.1, 0.15) is 0 Å². The molecule has 0 fully saturated rings. The van der Waals surface area contributed by atoms with Gasteiger partial charge in [-0.3, -0.25) is 4.84 Å². The molecule has 3 heteroatoms. The fourth-order valence-corrected chi connectivity index (χ4v) is 1.29. The lowest BCUT2D eigenvalue weighted by molar-refractivity contribution is -0.865. The van der Waals surface area contributed by atoms with Crippen molar-refractivity contribution in [3.8, 4) is 0 Å². The molecule has 0 aliphatic carbocycles. The monoisotopic (exact) mass is 177 g/mol. The number of rotatable bonds is 1. The van der Waals surface area contributed by atoms with E-state index >= 15 is 0 Å². The van der Waals surface area contributed by atoms with E-state index in [-0.39, 0.29) is 6.15 Å². The highest BCUT2D eigenvalue weighted by atomic mass is 16.6. The van der Waals surface area contributed by atoms with Gasteiger partial charge in [0.25, 0.3) is 5.52 Å². The van der Waals surface area contributed by atoms with Crippen molar-refractivity contribution in [3.63, 3.8) is 0 Å². The van der Waals surface area contributed by atoms with Gasteiger partial charge in [0, 0.05) is 16.9 Å². The second kappa shape index (κ2) is 3.87. The lowest BCUT2D eigenvalue weighted by Crippen LogP contribution is -2.40. The van der Waals surface area contributed by atoms with Crippen molar-refractivity contribution >= 4 is 10.9 Å². The molecule has 0 saturated carbocycles. The minimum Gasteiger partial charge on any atom is -0.344 e. The quantitative estimate of drug-likeness (QED) is 0.668. The first-order valence-corrected chi connectivity index (χ1v) is 3.86. The minimum atomic E-state index is 0. The third kappa shape index (κ3) is 1.60. The molecule has 1 aromatic heterocycles. The standard InChI is InChI=1S/C10H10NO.H3N/c1-12-11-8-4-6-9-5-2-3-7-10(9)11;/h2-8H,1H3;1H3/q+1;. The fourth-order valence-electron chi connectivity index (χ4n) is 1.29. The van der Waals surface area contributed by atoms with Crippen molar-refractivity contribution < 1.29 is 9.57 Å². The van der Waals surface area contributed by atoms with Gasteiger partial charge in [-0.15, -0.1) is 0 Å². The molecule has 0 spiro atoms. The Kier molecular flexibility index (Phi) is 2.82. The van der Waals surface area contributed by atoms with Crippen molar-refractivity contribution in [2.24, 2.45) is 0 Å². The molecule has 1 aromatic carbocycles. The van der Waals surface area contributed by atoms with Gasteiger partial charge in [0.1, 0.15) is 7.11 Å². The van der Waals surface area contributed by atoms with Crippen molar-refractivity contribution in [3.05, 3.63) is 42.6 Å². The first kappa shape index (κ1) is 9.48. The van der Waals surface area contributed by atoms with E-state index in [4.69, 9.17) is 4.84 Å². The smallest absolute Gasteiger partial charge is 0.264 e. The van der Waals surface area contributed by atoms with Crippen LogP contribution in [0.2, 0.25) is 0 Å². The predicted octanol–water partition coefficient (Wildman–Crippen LogP) is 1.35.